The van der Waals surface area contributed by atoms with Gasteiger partial charge in [0, 0.05) is 32.7 Å². The van der Waals surface area contributed by atoms with Crippen molar-refractivity contribution in [3.63, 3.8) is 0 Å². The van der Waals surface area contributed by atoms with E-state index in [1.807, 2.05) is 0 Å². The average Bonchev–Trinajstić information content (AvgIpc) is 3.17. The van der Waals surface area contributed by atoms with E-state index in [1.165, 1.54) is 49.7 Å². The molecule has 1 amide bonds. The Morgan fingerprint density at radius 3 is 2.16 bits per heavy atom. The van der Waals surface area contributed by atoms with E-state index in [1.54, 1.807) is 31.4 Å². The van der Waals surface area contributed by atoms with E-state index in [2.05, 4.69) is 4.90 Å². The molecule has 0 saturated carbocycles. The number of piperidine rings is 1. The summed E-state index contributed by atoms with van der Waals surface area (Å²) in [4.78, 5) is 30.3. The highest BCUT2D eigenvalue weighted by atomic mass is 32.2. The normalized spacial score (nSPS) is 20.5. The summed E-state index contributed by atoms with van der Waals surface area (Å²) >= 11 is 0. The van der Waals surface area contributed by atoms with Crippen LogP contribution in [0.1, 0.15) is 36.4 Å². The molecule has 198 valence electrons. The van der Waals surface area contributed by atoms with Crippen LogP contribution < -0.4 is 4.74 Å². The van der Waals surface area contributed by atoms with Crippen LogP contribution in [0, 0.1) is 0 Å². The summed E-state index contributed by atoms with van der Waals surface area (Å²) in [5.41, 5.74) is 0.911. The summed E-state index contributed by atoms with van der Waals surface area (Å²) in [6.45, 7) is 2.90. The molecule has 1 atom stereocenters. The number of aliphatic hydroxyl groups is 1. The molecule has 0 bridgehead atoms. The lowest BCUT2D eigenvalue weighted by atomic mass is 9.95. The number of carbonyl (C=O) groups is 2. The lowest BCUT2D eigenvalue weighted by molar-refractivity contribution is -0.140. The molecule has 10 heteroatoms. The summed E-state index contributed by atoms with van der Waals surface area (Å²) in [6, 6.07) is 11.9. The van der Waals surface area contributed by atoms with Crippen LogP contribution in [0.15, 0.2) is 59.0 Å². The number of carbonyl (C=O) groups excluding carboxylic acids is 2. The molecule has 1 unspecified atom stereocenters. The molecule has 2 aliphatic heterocycles. The van der Waals surface area contributed by atoms with Gasteiger partial charge in [-0.25, -0.2) is 12.7 Å². The number of rotatable bonds is 8. The molecule has 0 radical (unpaired) electrons. The maximum Gasteiger partial charge on any atom is 0.295 e. The average molecular weight is 528 g/mol. The van der Waals surface area contributed by atoms with Crippen molar-refractivity contribution in [3.05, 3.63) is 65.2 Å². The largest absolute Gasteiger partial charge is 0.507 e. The van der Waals surface area contributed by atoms with Gasteiger partial charge in [0.15, 0.2) is 0 Å². The van der Waals surface area contributed by atoms with E-state index in [-0.39, 0.29) is 21.8 Å². The molecule has 4 rings (SSSR count). The Bertz CT molecular complexity index is 1280. The summed E-state index contributed by atoms with van der Waals surface area (Å²) in [7, 11) is 0.768. The van der Waals surface area contributed by atoms with Gasteiger partial charge in [0.2, 0.25) is 10.0 Å². The molecule has 2 heterocycles. The van der Waals surface area contributed by atoms with Crippen molar-refractivity contribution in [1.29, 1.82) is 0 Å². The quantitative estimate of drug-likeness (QED) is 0.320. The second kappa shape index (κ2) is 11.0. The molecule has 37 heavy (non-hydrogen) atoms. The Labute approximate surface area is 218 Å². The zero-order valence-corrected chi connectivity index (χ0v) is 22.2. The van der Waals surface area contributed by atoms with Crippen molar-refractivity contribution in [1.82, 2.24) is 14.1 Å². The number of methoxy groups -OCH3 is 1. The van der Waals surface area contributed by atoms with Crippen LogP contribution in [0.2, 0.25) is 0 Å². The van der Waals surface area contributed by atoms with Crippen LogP contribution in [0.4, 0.5) is 0 Å². The van der Waals surface area contributed by atoms with Crippen molar-refractivity contribution in [2.24, 2.45) is 0 Å². The van der Waals surface area contributed by atoms with Gasteiger partial charge in [-0.1, -0.05) is 18.6 Å². The monoisotopic (exact) mass is 527 g/mol. The number of amides is 1. The summed E-state index contributed by atoms with van der Waals surface area (Å²) < 4.78 is 31.2. The number of hydrogen-bond acceptors (Lipinski definition) is 7. The second-order valence-corrected chi connectivity index (χ2v) is 11.6. The predicted octanol–water partition coefficient (Wildman–Crippen LogP) is 2.85. The zero-order valence-electron chi connectivity index (χ0n) is 21.4. The van der Waals surface area contributed by atoms with E-state index in [0.717, 1.165) is 30.2 Å². The first-order valence-corrected chi connectivity index (χ1v) is 13.8. The van der Waals surface area contributed by atoms with Crippen LogP contribution in [0.25, 0.3) is 5.76 Å². The Morgan fingerprint density at radius 2 is 1.59 bits per heavy atom. The number of sulfonamides is 1. The Hall–Kier alpha value is -3.21. The summed E-state index contributed by atoms with van der Waals surface area (Å²) in [5.74, 6) is -1.13. The number of nitrogens with zero attached hydrogens (tertiary/aromatic N) is 3. The summed E-state index contributed by atoms with van der Waals surface area (Å²) in [5, 5.41) is 11.3. The van der Waals surface area contributed by atoms with Crippen LogP contribution in [0.3, 0.4) is 0 Å². The fourth-order valence-electron chi connectivity index (χ4n) is 4.83. The first kappa shape index (κ1) is 26.8. The minimum atomic E-state index is -3.66. The highest BCUT2D eigenvalue weighted by Crippen LogP contribution is 2.40. The number of Topliss-reactive ketones (excluding diaryl/α,β-unsaturated/α-hetero) is 1. The van der Waals surface area contributed by atoms with E-state index < -0.39 is 27.8 Å². The highest BCUT2D eigenvalue weighted by Gasteiger charge is 2.46. The van der Waals surface area contributed by atoms with Crippen molar-refractivity contribution in [2.75, 3.05) is 47.4 Å². The van der Waals surface area contributed by atoms with Crippen molar-refractivity contribution in [2.45, 2.75) is 30.2 Å². The lowest BCUT2D eigenvalue weighted by Gasteiger charge is -2.31. The number of ether oxygens (including phenoxy) is 1. The predicted molar refractivity (Wildman–Crippen MR) is 140 cm³/mol. The number of ketones is 1. The maximum atomic E-state index is 13.3. The zero-order chi connectivity index (χ0) is 26.7. The molecular formula is C27H33N3O6S. The third-order valence-electron chi connectivity index (χ3n) is 6.98. The Kier molecular flexibility index (Phi) is 8.01. The molecule has 2 saturated heterocycles. The minimum absolute atomic E-state index is 0.0166. The highest BCUT2D eigenvalue weighted by molar-refractivity contribution is 7.89. The first-order valence-electron chi connectivity index (χ1n) is 12.3. The molecule has 2 aliphatic rings. The summed E-state index contributed by atoms with van der Waals surface area (Å²) in [6.07, 6.45) is 3.42. The van der Waals surface area contributed by atoms with Gasteiger partial charge in [-0.2, -0.15) is 0 Å². The fraction of sp³-hybridized carbons (Fsp3) is 0.407. The lowest BCUT2D eigenvalue weighted by Crippen LogP contribution is -2.39. The maximum absolute atomic E-state index is 13.3. The van der Waals surface area contributed by atoms with E-state index in [0.29, 0.717) is 24.4 Å². The molecule has 0 spiro atoms. The van der Waals surface area contributed by atoms with Crippen LogP contribution in [-0.4, -0.2) is 86.7 Å². The SMILES string of the molecule is COc1ccc(C2/C(=C(/O)c3ccc(S(=O)(=O)N(C)C)cc3)C(=O)C(=O)N2CCN2CCCCC2)cc1. The van der Waals surface area contributed by atoms with Gasteiger partial charge >= 0.3 is 0 Å². The first-order chi connectivity index (χ1) is 17.6. The van der Waals surface area contributed by atoms with Crippen molar-refractivity contribution < 1.29 is 27.9 Å². The van der Waals surface area contributed by atoms with Crippen LogP contribution >= 0.6 is 0 Å². The van der Waals surface area contributed by atoms with E-state index in [9.17, 15) is 23.1 Å². The van der Waals surface area contributed by atoms with E-state index >= 15 is 0 Å². The molecule has 0 aromatic heterocycles. The number of likely N-dealkylation sites (tertiary alicyclic amines) is 2. The number of aliphatic hydroxyl groups excluding tert-OH is 1. The minimum Gasteiger partial charge on any atom is -0.507 e. The van der Waals surface area contributed by atoms with Crippen molar-refractivity contribution in [3.8, 4) is 5.75 Å². The Balaban J connectivity index is 1.73. The smallest absolute Gasteiger partial charge is 0.295 e. The van der Waals surface area contributed by atoms with Gasteiger partial charge in [0.05, 0.1) is 23.6 Å². The second-order valence-electron chi connectivity index (χ2n) is 9.48. The topological polar surface area (TPSA) is 107 Å². The van der Waals surface area contributed by atoms with E-state index in [4.69, 9.17) is 4.74 Å². The van der Waals surface area contributed by atoms with Gasteiger partial charge in [-0.15, -0.1) is 0 Å². The molecule has 0 aliphatic carbocycles. The van der Waals surface area contributed by atoms with Gasteiger partial charge < -0.3 is 19.6 Å². The molecule has 1 N–H and O–H groups in total. The number of hydrogen-bond donors (Lipinski definition) is 1. The molecule has 9 nitrogen and oxygen atoms in total. The molecular weight excluding hydrogens is 494 g/mol. The molecule has 2 aromatic carbocycles. The van der Waals surface area contributed by atoms with Gasteiger partial charge in [0.25, 0.3) is 11.7 Å². The van der Waals surface area contributed by atoms with Crippen LogP contribution in [-0.2, 0) is 19.6 Å². The van der Waals surface area contributed by atoms with Crippen LogP contribution in [0.5, 0.6) is 5.75 Å². The van der Waals surface area contributed by atoms with Crippen molar-refractivity contribution >= 4 is 27.5 Å². The molecule has 2 fully saturated rings. The van der Waals surface area contributed by atoms with Gasteiger partial charge in [-0.05, 0) is 67.9 Å². The number of benzene rings is 2. The third-order valence-corrected chi connectivity index (χ3v) is 8.81. The van der Waals surface area contributed by atoms with Gasteiger partial charge in [0.1, 0.15) is 11.5 Å². The Morgan fingerprint density at radius 1 is 0.973 bits per heavy atom. The fourth-order valence-corrected chi connectivity index (χ4v) is 5.73. The van der Waals surface area contributed by atoms with Gasteiger partial charge in [-0.3, -0.25) is 9.59 Å². The molecule has 2 aromatic rings. The third kappa shape index (κ3) is 5.41. The standard InChI is InChI=1S/C27H33N3O6S/c1-28(2)37(34,35)22-13-9-20(10-14-22)25(31)23-24(19-7-11-21(36-3)12-8-19)30(27(33)26(23)32)18-17-29-15-5-4-6-16-29/h7-14,24,31H,4-6,15-18H2,1-3H3/b25-23-.